The Kier molecular flexibility index (Phi) is 3.52. The molecule has 1 aliphatic carbocycles. The van der Waals surface area contributed by atoms with Gasteiger partial charge in [-0.05, 0) is 37.8 Å². The molecule has 1 aliphatic rings. The second-order valence-corrected chi connectivity index (χ2v) is 5.25. The van der Waals surface area contributed by atoms with Gasteiger partial charge in [0.25, 0.3) is 0 Å². The van der Waals surface area contributed by atoms with Crippen molar-refractivity contribution in [2.75, 3.05) is 11.9 Å². The number of thiocarbonyl (C=S) groups is 1. The van der Waals surface area contributed by atoms with Crippen molar-refractivity contribution in [1.29, 1.82) is 0 Å². The van der Waals surface area contributed by atoms with E-state index in [-0.39, 0.29) is 22.3 Å². The third-order valence-electron chi connectivity index (χ3n) is 3.62. The van der Waals surface area contributed by atoms with Crippen LogP contribution < -0.4 is 10.6 Å². The van der Waals surface area contributed by atoms with Crippen molar-refractivity contribution >= 4 is 22.9 Å². The van der Waals surface area contributed by atoms with Crippen LogP contribution in [0.3, 0.4) is 0 Å². The summed E-state index contributed by atoms with van der Waals surface area (Å²) in [6.07, 6.45) is 2.31. The number of anilines is 1. The quantitative estimate of drug-likeness (QED) is 0.853. The molecule has 18 heavy (non-hydrogen) atoms. The smallest absolute Gasteiger partial charge is 0.182 e. The second kappa shape index (κ2) is 4.80. The maximum Gasteiger partial charge on any atom is 0.182 e. The Labute approximate surface area is 111 Å². The van der Waals surface area contributed by atoms with Crippen LogP contribution in [0.1, 0.15) is 25.3 Å². The van der Waals surface area contributed by atoms with Gasteiger partial charge in [-0.15, -0.1) is 0 Å². The third-order valence-corrected chi connectivity index (χ3v) is 3.84. The molecule has 1 fully saturated rings. The van der Waals surface area contributed by atoms with Crippen molar-refractivity contribution in [2.24, 2.45) is 11.7 Å². The minimum atomic E-state index is -0.963. The summed E-state index contributed by atoms with van der Waals surface area (Å²) in [6.45, 7) is 2.02. The number of benzene rings is 1. The highest BCUT2D eigenvalue weighted by atomic mass is 32.1. The Morgan fingerprint density at radius 2 is 2.00 bits per heavy atom. The summed E-state index contributed by atoms with van der Waals surface area (Å²) in [5, 5.41) is 0. The van der Waals surface area contributed by atoms with E-state index >= 15 is 0 Å². The van der Waals surface area contributed by atoms with E-state index < -0.39 is 11.6 Å². The van der Waals surface area contributed by atoms with E-state index in [1.165, 1.54) is 12.1 Å². The molecule has 1 atom stereocenters. The standard InChI is InChI=1S/C13H16F2N2S/c1-7(8-3-4-8)17(2)10-6-5-9(13(16)18)11(14)12(10)15/h5-8H,3-4H2,1-2H3,(H2,16,18). The van der Waals surface area contributed by atoms with Crippen LogP contribution in [0.5, 0.6) is 0 Å². The highest BCUT2D eigenvalue weighted by Gasteiger charge is 2.32. The van der Waals surface area contributed by atoms with Crippen molar-refractivity contribution in [1.82, 2.24) is 0 Å². The summed E-state index contributed by atoms with van der Waals surface area (Å²) >= 11 is 4.68. The topological polar surface area (TPSA) is 29.3 Å². The van der Waals surface area contributed by atoms with Gasteiger partial charge in [0, 0.05) is 18.7 Å². The molecule has 0 saturated heterocycles. The molecule has 1 aromatic carbocycles. The van der Waals surface area contributed by atoms with E-state index in [0.717, 1.165) is 12.8 Å². The van der Waals surface area contributed by atoms with E-state index in [1.54, 1.807) is 11.9 Å². The Morgan fingerprint density at radius 3 is 2.50 bits per heavy atom. The van der Waals surface area contributed by atoms with Crippen LogP contribution in [0.15, 0.2) is 12.1 Å². The monoisotopic (exact) mass is 270 g/mol. The molecule has 0 amide bonds. The first kappa shape index (κ1) is 13.2. The summed E-state index contributed by atoms with van der Waals surface area (Å²) in [5.74, 6) is -1.27. The maximum absolute atomic E-state index is 14.0. The van der Waals surface area contributed by atoms with Crippen LogP contribution in [0.4, 0.5) is 14.5 Å². The number of hydrogen-bond acceptors (Lipinski definition) is 2. The van der Waals surface area contributed by atoms with Gasteiger partial charge in [0.2, 0.25) is 0 Å². The zero-order valence-corrected chi connectivity index (χ0v) is 11.2. The van der Waals surface area contributed by atoms with E-state index in [4.69, 9.17) is 5.73 Å². The van der Waals surface area contributed by atoms with E-state index in [2.05, 4.69) is 12.2 Å². The Hall–Kier alpha value is -1.23. The summed E-state index contributed by atoms with van der Waals surface area (Å²) in [6, 6.07) is 3.17. The molecule has 5 heteroatoms. The van der Waals surface area contributed by atoms with Crippen LogP contribution >= 0.6 is 12.2 Å². The normalized spacial score (nSPS) is 16.4. The average molecular weight is 270 g/mol. The van der Waals surface area contributed by atoms with Crippen LogP contribution in [0, 0.1) is 17.6 Å². The van der Waals surface area contributed by atoms with Gasteiger partial charge in [-0.3, -0.25) is 0 Å². The minimum absolute atomic E-state index is 0.0428. The second-order valence-electron chi connectivity index (χ2n) is 4.81. The number of nitrogens with two attached hydrogens (primary N) is 1. The molecule has 0 heterocycles. The van der Waals surface area contributed by atoms with E-state index in [1.807, 2.05) is 6.92 Å². The van der Waals surface area contributed by atoms with Gasteiger partial charge in [-0.25, -0.2) is 8.78 Å². The lowest BCUT2D eigenvalue weighted by Crippen LogP contribution is -2.31. The highest BCUT2D eigenvalue weighted by molar-refractivity contribution is 7.80. The predicted molar refractivity (Wildman–Crippen MR) is 72.8 cm³/mol. The molecule has 0 spiro atoms. The van der Waals surface area contributed by atoms with Gasteiger partial charge in [-0.1, -0.05) is 12.2 Å². The molecule has 1 aromatic rings. The molecule has 1 unspecified atom stereocenters. The van der Waals surface area contributed by atoms with Crippen molar-refractivity contribution in [3.63, 3.8) is 0 Å². The summed E-state index contributed by atoms with van der Waals surface area (Å²) in [5.41, 5.74) is 5.55. The first-order valence-corrected chi connectivity index (χ1v) is 6.35. The Balaban J connectivity index is 2.34. The molecule has 0 aliphatic heterocycles. The highest BCUT2D eigenvalue weighted by Crippen LogP contribution is 2.37. The molecular weight excluding hydrogens is 254 g/mol. The molecule has 0 aromatic heterocycles. The third kappa shape index (κ3) is 2.32. The number of halogens is 2. The van der Waals surface area contributed by atoms with Crippen molar-refractivity contribution < 1.29 is 8.78 Å². The fraction of sp³-hybridized carbons (Fsp3) is 0.462. The van der Waals surface area contributed by atoms with Crippen LogP contribution in [-0.4, -0.2) is 18.1 Å². The molecule has 0 bridgehead atoms. The van der Waals surface area contributed by atoms with Gasteiger partial charge < -0.3 is 10.6 Å². The van der Waals surface area contributed by atoms with Crippen LogP contribution in [-0.2, 0) is 0 Å². The fourth-order valence-electron chi connectivity index (χ4n) is 2.12. The lowest BCUT2D eigenvalue weighted by Gasteiger charge is -2.27. The van der Waals surface area contributed by atoms with Gasteiger partial charge in [0.15, 0.2) is 11.6 Å². The van der Waals surface area contributed by atoms with Gasteiger partial charge in [-0.2, -0.15) is 0 Å². The zero-order valence-electron chi connectivity index (χ0n) is 10.4. The first-order valence-electron chi connectivity index (χ1n) is 5.94. The van der Waals surface area contributed by atoms with Crippen LogP contribution in [0.25, 0.3) is 0 Å². The average Bonchev–Trinajstić information content (AvgIpc) is 3.14. The number of rotatable bonds is 4. The predicted octanol–water partition coefficient (Wildman–Crippen LogP) is 2.83. The lowest BCUT2D eigenvalue weighted by atomic mass is 10.1. The fourth-order valence-corrected chi connectivity index (χ4v) is 2.27. The summed E-state index contributed by atoms with van der Waals surface area (Å²) in [4.78, 5) is 1.65. The zero-order chi connectivity index (χ0) is 13.4. The Morgan fingerprint density at radius 1 is 1.39 bits per heavy atom. The molecule has 2 rings (SSSR count). The Bertz CT molecular complexity index is 486. The molecule has 2 nitrogen and oxygen atoms in total. The first-order chi connectivity index (χ1) is 8.43. The lowest BCUT2D eigenvalue weighted by molar-refractivity contribution is 0.499. The molecular formula is C13H16F2N2S. The van der Waals surface area contributed by atoms with E-state index in [0.29, 0.717) is 5.92 Å². The molecule has 1 saturated carbocycles. The molecule has 98 valence electrons. The van der Waals surface area contributed by atoms with E-state index in [9.17, 15) is 8.78 Å². The summed E-state index contributed by atoms with van der Waals surface area (Å²) < 4.78 is 27.8. The van der Waals surface area contributed by atoms with Crippen LogP contribution in [0.2, 0.25) is 0 Å². The van der Waals surface area contributed by atoms with Crippen molar-refractivity contribution in [3.8, 4) is 0 Å². The van der Waals surface area contributed by atoms with Crippen molar-refractivity contribution in [3.05, 3.63) is 29.3 Å². The molecule has 2 N–H and O–H groups in total. The SMILES string of the molecule is CC(C1CC1)N(C)c1ccc(C(N)=S)c(F)c1F. The number of nitrogens with zero attached hydrogens (tertiary/aromatic N) is 1. The maximum atomic E-state index is 14.0. The van der Waals surface area contributed by atoms with Gasteiger partial charge in [0.05, 0.1) is 5.69 Å². The number of hydrogen-bond donors (Lipinski definition) is 1. The van der Waals surface area contributed by atoms with Gasteiger partial charge in [0.1, 0.15) is 4.99 Å². The summed E-state index contributed by atoms with van der Waals surface area (Å²) in [7, 11) is 1.78. The minimum Gasteiger partial charge on any atom is -0.389 e. The van der Waals surface area contributed by atoms with Gasteiger partial charge >= 0.3 is 0 Å². The largest absolute Gasteiger partial charge is 0.389 e. The molecule has 0 radical (unpaired) electrons. The van der Waals surface area contributed by atoms with Crippen molar-refractivity contribution in [2.45, 2.75) is 25.8 Å².